The highest BCUT2D eigenvalue weighted by Gasteiger charge is 2.19. The molecule has 1 saturated carbocycles. The average molecular weight is 408 g/mol. The van der Waals surface area contributed by atoms with Crippen molar-refractivity contribution in [2.75, 3.05) is 28.4 Å². The van der Waals surface area contributed by atoms with Gasteiger partial charge in [0.2, 0.25) is 0 Å². The zero-order chi connectivity index (χ0) is 21.5. The summed E-state index contributed by atoms with van der Waals surface area (Å²) in [6.45, 7) is 0. The van der Waals surface area contributed by atoms with Crippen molar-refractivity contribution in [1.82, 2.24) is 0 Å². The van der Waals surface area contributed by atoms with Gasteiger partial charge in [-0.15, -0.1) is 0 Å². The van der Waals surface area contributed by atoms with Crippen LogP contribution < -0.4 is 18.9 Å². The van der Waals surface area contributed by atoms with Crippen LogP contribution in [0.3, 0.4) is 0 Å². The Hall–Kier alpha value is -3.21. The number of benzene rings is 2. The predicted molar refractivity (Wildman–Crippen MR) is 119 cm³/mol. The van der Waals surface area contributed by atoms with Crippen LogP contribution in [0.5, 0.6) is 23.0 Å². The lowest BCUT2D eigenvalue weighted by Gasteiger charge is -2.10. The number of allylic oxidation sites excluding steroid dienone is 2. The summed E-state index contributed by atoms with van der Waals surface area (Å²) in [6, 6.07) is 11.4. The van der Waals surface area contributed by atoms with Gasteiger partial charge in [-0.1, -0.05) is 12.1 Å². The Balaban J connectivity index is 1.93. The summed E-state index contributed by atoms with van der Waals surface area (Å²) in [5.74, 6) is 2.72. The first-order valence-corrected chi connectivity index (χ1v) is 9.99. The summed E-state index contributed by atoms with van der Waals surface area (Å²) < 4.78 is 21.4. The normalized spacial score (nSPS) is 17.0. The lowest BCUT2D eigenvalue weighted by atomic mass is 9.97. The van der Waals surface area contributed by atoms with Gasteiger partial charge in [-0.25, -0.2) is 0 Å². The van der Waals surface area contributed by atoms with Crippen molar-refractivity contribution in [2.45, 2.75) is 25.7 Å². The highest BCUT2D eigenvalue weighted by Crippen LogP contribution is 2.32. The third-order valence-corrected chi connectivity index (χ3v) is 5.22. The van der Waals surface area contributed by atoms with Crippen molar-refractivity contribution >= 4 is 17.9 Å². The zero-order valence-corrected chi connectivity index (χ0v) is 18.0. The molecule has 5 nitrogen and oxygen atoms in total. The molecule has 5 heteroatoms. The number of Topliss-reactive ketones (excluding diaryl/α,β-unsaturated/α-hetero) is 1. The van der Waals surface area contributed by atoms with Crippen LogP contribution in [0.2, 0.25) is 0 Å². The second kappa shape index (κ2) is 10.0. The van der Waals surface area contributed by atoms with Gasteiger partial charge < -0.3 is 18.9 Å². The van der Waals surface area contributed by atoms with Gasteiger partial charge >= 0.3 is 0 Å². The molecule has 0 heterocycles. The number of carbonyl (C=O) groups is 1. The number of hydrogen-bond acceptors (Lipinski definition) is 5. The number of hydrogen-bond donors (Lipinski definition) is 0. The first kappa shape index (κ1) is 21.5. The van der Waals surface area contributed by atoms with Gasteiger partial charge in [-0.2, -0.15) is 0 Å². The average Bonchev–Trinajstić information content (AvgIpc) is 2.95. The van der Waals surface area contributed by atoms with Crippen LogP contribution in [0.15, 0.2) is 47.5 Å². The monoisotopic (exact) mass is 408 g/mol. The van der Waals surface area contributed by atoms with E-state index in [1.54, 1.807) is 28.4 Å². The highest BCUT2D eigenvalue weighted by atomic mass is 16.5. The van der Waals surface area contributed by atoms with Crippen molar-refractivity contribution in [2.24, 2.45) is 0 Å². The maximum absolute atomic E-state index is 13.3. The Morgan fingerprint density at radius 2 is 1.03 bits per heavy atom. The molecule has 0 bridgehead atoms. The van der Waals surface area contributed by atoms with Gasteiger partial charge in [-0.3, -0.25) is 4.79 Å². The van der Waals surface area contributed by atoms with Crippen LogP contribution in [0, 0.1) is 0 Å². The molecule has 0 aromatic heterocycles. The van der Waals surface area contributed by atoms with Gasteiger partial charge in [0.05, 0.1) is 28.4 Å². The molecule has 1 aliphatic rings. The number of ether oxygens (including phenoxy) is 4. The third-order valence-electron chi connectivity index (χ3n) is 5.22. The molecule has 0 unspecified atom stereocenters. The Bertz CT molecular complexity index is 894. The molecule has 30 heavy (non-hydrogen) atoms. The van der Waals surface area contributed by atoms with Crippen LogP contribution >= 0.6 is 0 Å². The van der Waals surface area contributed by atoms with Gasteiger partial charge in [0.25, 0.3) is 0 Å². The molecule has 0 N–H and O–H groups in total. The number of rotatable bonds is 6. The molecule has 0 spiro atoms. The zero-order valence-electron chi connectivity index (χ0n) is 18.0. The van der Waals surface area contributed by atoms with E-state index in [0.717, 1.165) is 48.0 Å². The molecule has 1 fully saturated rings. The Morgan fingerprint density at radius 1 is 0.633 bits per heavy atom. The minimum absolute atomic E-state index is 0.0945. The third kappa shape index (κ3) is 4.85. The summed E-state index contributed by atoms with van der Waals surface area (Å²) in [6.07, 6.45) is 7.39. The van der Waals surface area contributed by atoms with Crippen molar-refractivity contribution in [3.05, 3.63) is 58.7 Å². The SMILES string of the molecule is COc1ccc(C=C2CCCCC(=Cc3ccc(OC)c(OC)c3)C2=O)cc1OC. The van der Waals surface area contributed by atoms with E-state index in [2.05, 4.69) is 0 Å². The van der Waals surface area contributed by atoms with Crippen molar-refractivity contribution in [1.29, 1.82) is 0 Å². The molecule has 2 aromatic carbocycles. The van der Waals surface area contributed by atoms with Crippen LogP contribution in [0.1, 0.15) is 36.8 Å². The largest absolute Gasteiger partial charge is 0.493 e. The minimum atomic E-state index is 0.0945. The van der Waals surface area contributed by atoms with E-state index < -0.39 is 0 Å². The highest BCUT2D eigenvalue weighted by molar-refractivity contribution is 6.13. The molecule has 0 radical (unpaired) electrons. The quantitative estimate of drug-likeness (QED) is 0.478. The summed E-state index contributed by atoms with van der Waals surface area (Å²) in [4.78, 5) is 13.3. The number of carbonyl (C=O) groups excluding carboxylic acids is 1. The van der Waals surface area contributed by atoms with E-state index in [1.807, 2.05) is 48.6 Å². The summed E-state index contributed by atoms with van der Waals surface area (Å²) in [5.41, 5.74) is 3.46. The van der Waals surface area contributed by atoms with Crippen molar-refractivity contribution in [3.63, 3.8) is 0 Å². The van der Waals surface area contributed by atoms with Gasteiger partial charge in [0.1, 0.15) is 0 Å². The molecule has 1 aliphatic carbocycles. The lowest BCUT2D eigenvalue weighted by Crippen LogP contribution is -2.04. The van der Waals surface area contributed by atoms with E-state index in [4.69, 9.17) is 18.9 Å². The molecule has 0 saturated heterocycles. The standard InChI is InChI=1S/C25H28O5/c1-27-21-11-9-17(15-23(21)29-3)13-19-7-5-6-8-20(25(19)26)14-18-10-12-22(28-2)24(16-18)30-4/h9-16H,5-8H2,1-4H3. The summed E-state index contributed by atoms with van der Waals surface area (Å²) >= 11 is 0. The smallest absolute Gasteiger partial charge is 0.185 e. The van der Waals surface area contributed by atoms with Crippen LogP contribution in [0.4, 0.5) is 0 Å². The molecule has 158 valence electrons. The van der Waals surface area contributed by atoms with Crippen LogP contribution in [-0.2, 0) is 4.79 Å². The maximum Gasteiger partial charge on any atom is 0.185 e. The van der Waals surface area contributed by atoms with Crippen LogP contribution in [-0.4, -0.2) is 34.2 Å². The fourth-order valence-corrected chi connectivity index (χ4v) is 3.63. The molecular weight excluding hydrogens is 380 g/mol. The predicted octanol–water partition coefficient (Wildman–Crippen LogP) is 5.33. The second-order valence-electron chi connectivity index (χ2n) is 7.10. The van der Waals surface area contributed by atoms with E-state index in [0.29, 0.717) is 23.0 Å². The van der Waals surface area contributed by atoms with E-state index in [9.17, 15) is 4.79 Å². The molecule has 3 rings (SSSR count). The maximum atomic E-state index is 13.3. The fourth-order valence-electron chi connectivity index (χ4n) is 3.63. The van der Waals surface area contributed by atoms with E-state index >= 15 is 0 Å². The first-order chi connectivity index (χ1) is 14.6. The number of methoxy groups -OCH3 is 4. The van der Waals surface area contributed by atoms with E-state index in [-0.39, 0.29) is 5.78 Å². The molecule has 2 aromatic rings. The van der Waals surface area contributed by atoms with Crippen LogP contribution in [0.25, 0.3) is 12.2 Å². The molecular formula is C25H28O5. The second-order valence-corrected chi connectivity index (χ2v) is 7.10. The topological polar surface area (TPSA) is 54.0 Å². The summed E-state index contributed by atoms with van der Waals surface area (Å²) in [7, 11) is 6.43. The van der Waals surface area contributed by atoms with Crippen molar-refractivity contribution < 1.29 is 23.7 Å². The van der Waals surface area contributed by atoms with E-state index in [1.165, 1.54) is 0 Å². The molecule has 0 amide bonds. The Kier molecular flexibility index (Phi) is 7.17. The van der Waals surface area contributed by atoms with Crippen molar-refractivity contribution in [3.8, 4) is 23.0 Å². The Labute approximate surface area is 177 Å². The first-order valence-electron chi connectivity index (χ1n) is 9.99. The Morgan fingerprint density at radius 3 is 1.40 bits per heavy atom. The fraction of sp³-hybridized carbons (Fsp3) is 0.320. The minimum Gasteiger partial charge on any atom is -0.493 e. The van der Waals surface area contributed by atoms with Gasteiger partial charge in [0.15, 0.2) is 28.8 Å². The number of ketones is 1. The van der Waals surface area contributed by atoms with Gasteiger partial charge in [0, 0.05) is 11.1 Å². The lowest BCUT2D eigenvalue weighted by molar-refractivity contribution is -0.112. The molecule has 0 atom stereocenters. The summed E-state index contributed by atoms with van der Waals surface area (Å²) in [5, 5.41) is 0. The molecule has 0 aliphatic heterocycles. The van der Waals surface area contributed by atoms with Gasteiger partial charge in [-0.05, 0) is 73.2 Å².